The van der Waals surface area contributed by atoms with Gasteiger partial charge in [-0.15, -0.1) is 0 Å². The molecule has 0 bridgehead atoms. The molecule has 1 aliphatic carbocycles. The van der Waals surface area contributed by atoms with Crippen molar-refractivity contribution in [3.8, 4) is 11.5 Å². The van der Waals surface area contributed by atoms with Gasteiger partial charge in [0.2, 0.25) is 0 Å². The van der Waals surface area contributed by atoms with E-state index in [1.807, 2.05) is 24.3 Å². The van der Waals surface area contributed by atoms with E-state index in [0.717, 1.165) is 12.8 Å². The molecule has 3 rings (SSSR count). The minimum atomic E-state index is -0.374. The van der Waals surface area contributed by atoms with Gasteiger partial charge >= 0.3 is 11.9 Å². The first-order chi connectivity index (χ1) is 15.0. The normalized spacial score (nSPS) is 16.3. The molecule has 1 saturated carbocycles. The van der Waals surface area contributed by atoms with Gasteiger partial charge in [0.1, 0.15) is 11.5 Å². The summed E-state index contributed by atoms with van der Waals surface area (Å²) in [4.78, 5) is 23.0. The summed E-state index contributed by atoms with van der Waals surface area (Å²) in [5.41, 5.74) is 2.42. The molecule has 1 aliphatic rings. The Balaban J connectivity index is 1.69. The van der Waals surface area contributed by atoms with E-state index in [-0.39, 0.29) is 30.6 Å². The number of hydrogen-bond acceptors (Lipinski definition) is 6. The molecule has 6 nitrogen and oxygen atoms in total. The lowest BCUT2D eigenvalue weighted by Crippen LogP contribution is -2.15. The van der Waals surface area contributed by atoms with E-state index in [9.17, 15) is 9.59 Å². The van der Waals surface area contributed by atoms with Crippen LogP contribution < -0.4 is 9.47 Å². The fourth-order valence-corrected chi connectivity index (χ4v) is 4.08. The maximum absolute atomic E-state index is 11.5. The van der Waals surface area contributed by atoms with Crippen molar-refractivity contribution in [2.45, 2.75) is 39.0 Å². The van der Waals surface area contributed by atoms with Crippen LogP contribution in [0.3, 0.4) is 0 Å². The zero-order chi connectivity index (χ0) is 22.3. The molecule has 2 aromatic rings. The lowest BCUT2D eigenvalue weighted by atomic mass is 9.85. The SMILES string of the molecule is CCOC(=O)COc1ccc(C2(c3ccc(OCC(=O)OCC)cc3)CC2CC)cc1. The zero-order valence-corrected chi connectivity index (χ0v) is 18.4. The Morgan fingerprint density at radius 3 is 1.52 bits per heavy atom. The number of carbonyl (C=O) groups is 2. The minimum absolute atomic E-state index is 0.0336. The van der Waals surface area contributed by atoms with Crippen LogP contribution in [0.1, 0.15) is 44.7 Å². The molecule has 0 N–H and O–H groups in total. The van der Waals surface area contributed by atoms with Crippen LogP contribution in [0.2, 0.25) is 0 Å². The van der Waals surface area contributed by atoms with Crippen LogP contribution in [0, 0.1) is 5.92 Å². The van der Waals surface area contributed by atoms with Gasteiger partial charge in [-0.25, -0.2) is 9.59 Å². The van der Waals surface area contributed by atoms with E-state index in [2.05, 4.69) is 31.2 Å². The zero-order valence-electron chi connectivity index (χ0n) is 18.4. The largest absolute Gasteiger partial charge is 0.482 e. The number of ether oxygens (including phenoxy) is 4. The number of rotatable bonds is 11. The van der Waals surface area contributed by atoms with Crippen molar-refractivity contribution in [3.63, 3.8) is 0 Å². The predicted molar refractivity (Wildman–Crippen MR) is 116 cm³/mol. The number of carbonyl (C=O) groups excluding carboxylic acids is 2. The summed E-state index contributed by atoms with van der Waals surface area (Å²) in [5.74, 6) is 1.10. The molecule has 166 valence electrons. The van der Waals surface area contributed by atoms with Gasteiger partial charge in [-0.05, 0) is 61.6 Å². The Hall–Kier alpha value is -3.02. The maximum atomic E-state index is 11.5. The van der Waals surface area contributed by atoms with Gasteiger partial charge in [-0.1, -0.05) is 37.6 Å². The molecule has 1 atom stereocenters. The maximum Gasteiger partial charge on any atom is 0.344 e. The van der Waals surface area contributed by atoms with Crippen molar-refractivity contribution in [2.75, 3.05) is 26.4 Å². The van der Waals surface area contributed by atoms with Gasteiger partial charge in [0.15, 0.2) is 13.2 Å². The molecule has 2 aromatic carbocycles. The second-order valence-electron chi connectivity index (χ2n) is 7.52. The highest BCUT2D eigenvalue weighted by atomic mass is 16.6. The molecule has 1 unspecified atom stereocenters. The molecule has 0 heterocycles. The van der Waals surface area contributed by atoms with Crippen LogP contribution >= 0.6 is 0 Å². The van der Waals surface area contributed by atoms with Crippen molar-refractivity contribution in [1.29, 1.82) is 0 Å². The molecule has 0 aliphatic heterocycles. The van der Waals surface area contributed by atoms with Crippen LogP contribution in [0.25, 0.3) is 0 Å². The molecule has 31 heavy (non-hydrogen) atoms. The summed E-state index contributed by atoms with van der Waals surface area (Å²) in [6.45, 7) is 6.24. The molecular weight excluding hydrogens is 396 g/mol. The molecule has 6 heteroatoms. The number of esters is 2. The van der Waals surface area contributed by atoms with E-state index in [1.54, 1.807) is 13.8 Å². The number of benzene rings is 2. The van der Waals surface area contributed by atoms with Gasteiger partial charge < -0.3 is 18.9 Å². The van der Waals surface area contributed by atoms with Gasteiger partial charge in [0.25, 0.3) is 0 Å². The second-order valence-corrected chi connectivity index (χ2v) is 7.52. The smallest absolute Gasteiger partial charge is 0.344 e. The molecular formula is C25H30O6. The highest BCUT2D eigenvalue weighted by molar-refractivity contribution is 5.71. The second kappa shape index (κ2) is 10.3. The Morgan fingerprint density at radius 2 is 1.19 bits per heavy atom. The van der Waals surface area contributed by atoms with Crippen LogP contribution in [-0.2, 0) is 24.5 Å². The first-order valence-electron chi connectivity index (χ1n) is 10.8. The van der Waals surface area contributed by atoms with Crippen LogP contribution in [0.5, 0.6) is 11.5 Å². The molecule has 0 aromatic heterocycles. The summed E-state index contributed by atoms with van der Waals surface area (Å²) in [5, 5.41) is 0. The van der Waals surface area contributed by atoms with Crippen LogP contribution in [0.4, 0.5) is 0 Å². The Morgan fingerprint density at radius 1 is 0.774 bits per heavy atom. The highest BCUT2D eigenvalue weighted by Crippen LogP contribution is 2.60. The fourth-order valence-electron chi connectivity index (χ4n) is 4.08. The first kappa shape index (κ1) is 22.7. The first-order valence-corrected chi connectivity index (χ1v) is 10.8. The Labute approximate surface area is 183 Å². The fraction of sp³-hybridized carbons (Fsp3) is 0.440. The number of hydrogen-bond donors (Lipinski definition) is 0. The van der Waals surface area contributed by atoms with E-state index in [1.165, 1.54) is 11.1 Å². The quantitative estimate of drug-likeness (QED) is 0.499. The van der Waals surface area contributed by atoms with E-state index < -0.39 is 0 Å². The third-order valence-corrected chi connectivity index (χ3v) is 5.66. The monoisotopic (exact) mass is 426 g/mol. The van der Waals surface area contributed by atoms with Gasteiger partial charge in [0.05, 0.1) is 13.2 Å². The van der Waals surface area contributed by atoms with Crippen LogP contribution in [0.15, 0.2) is 48.5 Å². The van der Waals surface area contributed by atoms with Crippen molar-refractivity contribution in [3.05, 3.63) is 59.7 Å². The van der Waals surface area contributed by atoms with Crippen molar-refractivity contribution >= 4 is 11.9 Å². The van der Waals surface area contributed by atoms with E-state index >= 15 is 0 Å². The van der Waals surface area contributed by atoms with Crippen molar-refractivity contribution in [2.24, 2.45) is 5.92 Å². The summed E-state index contributed by atoms with van der Waals surface area (Å²) >= 11 is 0. The minimum Gasteiger partial charge on any atom is -0.482 e. The van der Waals surface area contributed by atoms with E-state index in [4.69, 9.17) is 18.9 Å². The summed E-state index contributed by atoms with van der Waals surface area (Å²) in [6, 6.07) is 15.9. The lowest BCUT2D eigenvalue weighted by molar-refractivity contribution is -0.146. The molecule has 0 amide bonds. The van der Waals surface area contributed by atoms with Crippen molar-refractivity contribution < 1.29 is 28.5 Å². The predicted octanol–water partition coefficient (Wildman–Crippen LogP) is 4.29. The van der Waals surface area contributed by atoms with Gasteiger partial charge in [0, 0.05) is 5.41 Å². The lowest BCUT2D eigenvalue weighted by Gasteiger charge is -2.20. The standard InChI is InChI=1S/C25H30O6/c1-4-18-15-25(18,19-7-11-21(12-8-19)30-16-23(26)28-5-2)20-9-13-22(14-10-20)31-17-24(27)29-6-3/h7-14,18H,4-6,15-17H2,1-3H3. The Kier molecular flexibility index (Phi) is 7.55. The third kappa shape index (κ3) is 5.37. The molecule has 0 spiro atoms. The van der Waals surface area contributed by atoms with Crippen LogP contribution in [-0.4, -0.2) is 38.4 Å². The summed E-state index contributed by atoms with van der Waals surface area (Å²) < 4.78 is 20.8. The molecule has 1 fully saturated rings. The molecule has 0 saturated heterocycles. The van der Waals surface area contributed by atoms with E-state index in [0.29, 0.717) is 30.6 Å². The van der Waals surface area contributed by atoms with Crippen molar-refractivity contribution in [1.82, 2.24) is 0 Å². The summed E-state index contributed by atoms with van der Waals surface area (Å²) in [7, 11) is 0. The average Bonchev–Trinajstić information content (AvgIpc) is 3.53. The Bertz CT molecular complexity index is 806. The topological polar surface area (TPSA) is 71.1 Å². The third-order valence-electron chi connectivity index (χ3n) is 5.66. The van der Waals surface area contributed by atoms with Gasteiger partial charge in [-0.3, -0.25) is 0 Å². The average molecular weight is 427 g/mol. The highest BCUT2D eigenvalue weighted by Gasteiger charge is 2.55. The summed E-state index contributed by atoms with van der Waals surface area (Å²) in [6.07, 6.45) is 2.16. The molecule has 0 radical (unpaired) electrons. The van der Waals surface area contributed by atoms with Gasteiger partial charge in [-0.2, -0.15) is 0 Å².